The van der Waals surface area contributed by atoms with Crippen LogP contribution in [0.1, 0.15) is 18.1 Å². The van der Waals surface area contributed by atoms with Crippen LogP contribution in [0.5, 0.6) is 0 Å². The molecular weight excluding hydrogens is 310 g/mol. The Morgan fingerprint density at radius 3 is 2.56 bits per heavy atom. The molecule has 4 nitrogen and oxygen atoms in total. The van der Waals surface area contributed by atoms with E-state index < -0.39 is 0 Å². The fourth-order valence-electron chi connectivity index (χ4n) is 3.00. The van der Waals surface area contributed by atoms with E-state index >= 15 is 0 Å². The molecule has 2 aromatic carbocycles. The van der Waals surface area contributed by atoms with Crippen molar-refractivity contribution in [3.8, 4) is 0 Å². The van der Waals surface area contributed by atoms with Crippen molar-refractivity contribution < 1.29 is 4.79 Å². The third kappa shape index (κ3) is 4.02. The van der Waals surface area contributed by atoms with Crippen molar-refractivity contribution in [3.63, 3.8) is 0 Å². The highest BCUT2D eigenvalue weighted by Crippen LogP contribution is 2.21. The number of rotatable bonds is 6. The fourth-order valence-corrected chi connectivity index (χ4v) is 3.00. The van der Waals surface area contributed by atoms with Crippen molar-refractivity contribution in [3.05, 3.63) is 65.9 Å². The van der Waals surface area contributed by atoms with Crippen LogP contribution in [0, 0.1) is 5.92 Å². The van der Waals surface area contributed by atoms with Gasteiger partial charge in [-0.15, -0.1) is 0 Å². The Morgan fingerprint density at radius 1 is 1.12 bits per heavy atom. The molecule has 25 heavy (non-hydrogen) atoms. The van der Waals surface area contributed by atoms with E-state index in [0.717, 1.165) is 23.2 Å². The maximum Gasteiger partial charge on any atom is 0.223 e. The number of para-hydroxylation sites is 1. The van der Waals surface area contributed by atoms with E-state index in [4.69, 9.17) is 0 Å². The molecule has 0 aliphatic rings. The van der Waals surface area contributed by atoms with Crippen molar-refractivity contribution in [1.29, 1.82) is 0 Å². The summed E-state index contributed by atoms with van der Waals surface area (Å²) in [4.78, 5) is 17.8. The first kappa shape index (κ1) is 17.1. The monoisotopic (exact) mass is 335 g/mol. The predicted octanol–water partition coefficient (Wildman–Crippen LogP) is 3.73. The summed E-state index contributed by atoms with van der Waals surface area (Å²) in [6.45, 7) is 2.54. The van der Waals surface area contributed by atoms with Gasteiger partial charge in [0.15, 0.2) is 0 Å². The number of anilines is 1. The van der Waals surface area contributed by atoms with Gasteiger partial charge < -0.3 is 15.2 Å². The van der Waals surface area contributed by atoms with Gasteiger partial charge in [0, 0.05) is 49.3 Å². The van der Waals surface area contributed by atoms with Gasteiger partial charge in [-0.2, -0.15) is 0 Å². The minimum Gasteiger partial charge on any atom is -0.378 e. The van der Waals surface area contributed by atoms with Gasteiger partial charge in [0.05, 0.1) is 0 Å². The lowest BCUT2D eigenvalue weighted by atomic mass is 10.00. The van der Waals surface area contributed by atoms with E-state index in [1.165, 1.54) is 10.9 Å². The maximum atomic E-state index is 12.4. The Balaban J connectivity index is 1.57. The lowest BCUT2D eigenvalue weighted by Crippen LogP contribution is -2.29. The average molecular weight is 335 g/mol. The summed E-state index contributed by atoms with van der Waals surface area (Å²) >= 11 is 0. The summed E-state index contributed by atoms with van der Waals surface area (Å²) in [5.74, 6) is 0.0159. The van der Waals surface area contributed by atoms with E-state index in [1.54, 1.807) is 0 Å². The summed E-state index contributed by atoms with van der Waals surface area (Å²) < 4.78 is 0. The van der Waals surface area contributed by atoms with Crippen LogP contribution in [-0.4, -0.2) is 25.0 Å². The minimum absolute atomic E-state index is 0.0692. The van der Waals surface area contributed by atoms with Gasteiger partial charge in [0.25, 0.3) is 0 Å². The topological polar surface area (TPSA) is 48.1 Å². The number of aromatic amines is 1. The number of aromatic nitrogens is 1. The third-order valence-electron chi connectivity index (χ3n) is 4.57. The molecule has 3 rings (SSSR count). The second-order valence-corrected chi connectivity index (χ2v) is 6.74. The van der Waals surface area contributed by atoms with E-state index in [1.807, 2.05) is 39.3 Å². The second-order valence-electron chi connectivity index (χ2n) is 6.74. The van der Waals surface area contributed by atoms with Crippen LogP contribution in [0.3, 0.4) is 0 Å². The van der Waals surface area contributed by atoms with Gasteiger partial charge in [-0.3, -0.25) is 4.79 Å². The Kier molecular flexibility index (Phi) is 5.08. The molecule has 0 aliphatic heterocycles. The second kappa shape index (κ2) is 7.43. The van der Waals surface area contributed by atoms with E-state index in [9.17, 15) is 4.79 Å². The Bertz CT molecular complexity index is 849. The zero-order valence-electron chi connectivity index (χ0n) is 15.0. The third-order valence-corrected chi connectivity index (χ3v) is 4.57. The number of carbonyl (C=O) groups excluding carboxylic acids is 1. The van der Waals surface area contributed by atoms with Gasteiger partial charge >= 0.3 is 0 Å². The molecule has 0 aliphatic carbocycles. The minimum atomic E-state index is -0.0692. The van der Waals surface area contributed by atoms with Crippen molar-refractivity contribution in [2.45, 2.75) is 19.9 Å². The molecule has 0 saturated carbocycles. The molecule has 0 bridgehead atoms. The molecule has 2 N–H and O–H groups in total. The number of carbonyl (C=O) groups is 1. The summed E-state index contributed by atoms with van der Waals surface area (Å²) in [5.41, 5.74) is 4.57. The van der Waals surface area contributed by atoms with E-state index in [2.05, 4.69) is 51.6 Å². The first-order chi connectivity index (χ1) is 12.0. The van der Waals surface area contributed by atoms with Crippen molar-refractivity contribution >= 4 is 22.5 Å². The van der Waals surface area contributed by atoms with Crippen LogP contribution in [0.15, 0.2) is 54.7 Å². The molecule has 0 saturated heterocycles. The van der Waals surface area contributed by atoms with Gasteiger partial charge in [-0.05, 0) is 35.7 Å². The smallest absolute Gasteiger partial charge is 0.223 e. The standard InChI is InChI=1S/C21H25N3O/c1-15(12-17-14-22-20-7-5-4-6-19(17)20)21(25)23-13-16-8-10-18(11-9-16)24(2)3/h4-11,14-15,22H,12-13H2,1-3H3,(H,23,25). The van der Waals surface area contributed by atoms with Crippen LogP contribution < -0.4 is 10.2 Å². The van der Waals surface area contributed by atoms with Gasteiger partial charge in [-0.1, -0.05) is 37.3 Å². The van der Waals surface area contributed by atoms with Crippen LogP contribution in [0.25, 0.3) is 10.9 Å². The van der Waals surface area contributed by atoms with Crippen molar-refractivity contribution in [2.75, 3.05) is 19.0 Å². The molecular formula is C21H25N3O. The van der Waals surface area contributed by atoms with Crippen molar-refractivity contribution in [1.82, 2.24) is 10.3 Å². The predicted molar refractivity (Wildman–Crippen MR) is 104 cm³/mol. The molecule has 1 heterocycles. The lowest BCUT2D eigenvalue weighted by molar-refractivity contribution is -0.124. The van der Waals surface area contributed by atoms with Crippen LogP contribution in [0.4, 0.5) is 5.69 Å². The maximum absolute atomic E-state index is 12.4. The largest absolute Gasteiger partial charge is 0.378 e. The summed E-state index contributed by atoms with van der Waals surface area (Å²) in [6, 6.07) is 16.4. The number of nitrogens with one attached hydrogen (secondary N) is 2. The highest BCUT2D eigenvalue weighted by Gasteiger charge is 2.15. The number of benzene rings is 2. The van der Waals surface area contributed by atoms with Gasteiger partial charge in [-0.25, -0.2) is 0 Å². The zero-order chi connectivity index (χ0) is 17.8. The summed E-state index contributed by atoms with van der Waals surface area (Å²) in [5, 5.41) is 4.24. The molecule has 0 spiro atoms. The number of fused-ring (bicyclic) bond motifs is 1. The van der Waals surface area contributed by atoms with Crippen LogP contribution >= 0.6 is 0 Å². The molecule has 130 valence electrons. The quantitative estimate of drug-likeness (QED) is 0.721. The molecule has 4 heteroatoms. The molecule has 0 fully saturated rings. The zero-order valence-corrected chi connectivity index (χ0v) is 15.0. The first-order valence-corrected chi connectivity index (χ1v) is 8.63. The number of nitrogens with zero attached hydrogens (tertiary/aromatic N) is 1. The van der Waals surface area contributed by atoms with Crippen LogP contribution in [0.2, 0.25) is 0 Å². The Morgan fingerprint density at radius 2 is 1.84 bits per heavy atom. The van der Waals surface area contributed by atoms with Gasteiger partial charge in [0.2, 0.25) is 5.91 Å². The normalized spacial score (nSPS) is 12.1. The SMILES string of the molecule is CC(Cc1c[nH]c2ccccc12)C(=O)NCc1ccc(N(C)C)cc1. The first-order valence-electron chi connectivity index (χ1n) is 8.63. The fraction of sp³-hybridized carbons (Fsp3) is 0.286. The van der Waals surface area contributed by atoms with Crippen LogP contribution in [-0.2, 0) is 17.8 Å². The Hall–Kier alpha value is -2.75. The highest BCUT2D eigenvalue weighted by atomic mass is 16.1. The Labute approximate surface area is 148 Å². The summed E-state index contributed by atoms with van der Waals surface area (Å²) in [7, 11) is 4.03. The van der Waals surface area contributed by atoms with Crippen molar-refractivity contribution in [2.24, 2.45) is 5.92 Å². The number of amides is 1. The van der Waals surface area contributed by atoms with Gasteiger partial charge in [0.1, 0.15) is 0 Å². The van der Waals surface area contributed by atoms with E-state index in [-0.39, 0.29) is 11.8 Å². The molecule has 1 atom stereocenters. The lowest BCUT2D eigenvalue weighted by Gasteiger charge is -2.14. The number of hydrogen-bond donors (Lipinski definition) is 2. The highest BCUT2D eigenvalue weighted by molar-refractivity contribution is 5.84. The number of hydrogen-bond acceptors (Lipinski definition) is 2. The molecule has 1 aromatic heterocycles. The number of H-pyrrole nitrogens is 1. The molecule has 1 amide bonds. The molecule has 3 aromatic rings. The molecule has 0 radical (unpaired) electrons. The summed E-state index contributed by atoms with van der Waals surface area (Å²) in [6.07, 6.45) is 2.74. The average Bonchev–Trinajstić information content (AvgIpc) is 3.03. The molecule has 1 unspecified atom stereocenters. The van der Waals surface area contributed by atoms with E-state index in [0.29, 0.717) is 6.54 Å².